The van der Waals surface area contributed by atoms with Crippen LogP contribution in [0.15, 0.2) is 212 Å². The Labute approximate surface area is 438 Å². The van der Waals surface area contributed by atoms with Crippen LogP contribution in [0.4, 0.5) is 34.1 Å². The van der Waals surface area contributed by atoms with Crippen molar-refractivity contribution in [1.29, 1.82) is 0 Å². The highest BCUT2D eigenvalue weighted by Crippen LogP contribution is 2.48. The van der Waals surface area contributed by atoms with Crippen molar-refractivity contribution in [2.24, 2.45) is 0 Å². The van der Waals surface area contributed by atoms with Gasteiger partial charge in [0.25, 0.3) is 0 Å². The topological polar surface area (TPSA) is 59.0 Å². The quantitative estimate of drug-likeness (QED) is 0.151. The Kier molecular flexibility index (Phi) is 9.68. The smallest absolute Gasteiger partial charge is 0.159 e. The molecule has 0 aliphatic heterocycles. The van der Waals surface area contributed by atoms with Crippen LogP contribution >= 0.6 is 0 Å². The average molecular weight is 985 g/mol. The van der Waals surface area contributed by atoms with Gasteiger partial charge in [0, 0.05) is 71.9 Å². The fourth-order valence-corrected chi connectivity index (χ4v) is 12.1. The maximum Gasteiger partial charge on any atom is 0.159 e. The molecule has 76 heavy (non-hydrogen) atoms. The fourth-order valence-electron chi connectivity index (χ4n) is 12.1. The van der Waals surface area contributed by atoms with Gasteiger partial charge in [-0.3, -0.25) is 0 Å². The van der Waals surface area contributed by atoms with Crippen LogP contribution in [0.2, 0.25) is 0 Å². The zero-order valence-corrected chi connectivity index (χ0v) is 43.2. The molecule has 0 N–H and O–H groups in total. The molecule has 15 rings (SSSR count). The summed E-state index contributed by atoms with van der Waals surface area (Å²) in [7, 11) is 0. The monoisotopic (exact) mass is 984 g/mol. The predicted molar refractivity (Wildman–Crippen MR) is 318 cm³/mol. The van der Waals surface area contributed by atoms with Crippen molar-refractivity contribution in [2.45, 2.75) is 53.4 Å². The molecule has 6 nitrogen and oxygen atoms in total. The molecule has 0 amide bonds. The lowest BCUT2D eigenvalue weighted by atomic mass is 10.00. The van der Waals surface area contributed by atoms with E-state index in [2.05, 4.69) is 245 Å². The van der Waals surface area contributed by atoms with Crippen molar-refractivity contribution in [1.82, 2.24) is 0 Å². The number of aryl methyl sites for hydroxylation is 2. The summed E-state index contributed by atoms with van der Waals surface area (Å²) in [6, 6.07) is 69.8. The summed E-state index contributed by atoms with van der Waals surface area (Å²) in [5, 5.41) is 13.1. The SMILES string of the molecule is Cc1ccccc1N(c1ccc2cc3c(cc2c1)oc1cc2oc4cc5cc(N(c6ccccc6C)c6cccc7c6oc6c(C(C)C)cccc67)ccc5cc4c2cc13)c1cccc2c1oc1c(C(C)C)cccc12. The first-order valence-corrected chi connectivity index (χ1v) is 26.4. The molecule has 366 valence electrons. The lowest BCUT2D eigenvalue weighted by Gasteiger charge is -2.27. The van der Waals surface area contributed by atoms with Crippen LogP contribution < -0.4 is 9.80 Å². The van der Waals surface area contributed by atoms with Crippen molar-refractivity contribution in [2.75, 3.05) is 9.80 Å². The minimum atomic E-state index is 0.328. The molecule has 0 atom stereocenters. The van der Waals surface area contributed by atoms with Crippen molar-refractivity contribution < 1.29 is 17.7 Å². The highest BCUT2D eigenvalue weighted by molar-refractivity contribution is 6.19. The minimum Gasteiger partial charge on any atom is -0.456 e. The van der Waals surface area contributed by atoms with Gasteiger partial charge in [-0.25, -0.2) is 0 Å². The van der Waals surface area contributed by atoms with Crippen molar-refractivity contribution in [3.8, 4) is 0 Å². The largest absolute Gasteiger partial charge is 0.456 e. The number of para-hydroxylation sites is 6. The maximum atomic E-state index is 6.90. The Morgan fingerprint density at radius 1 is 0.289 bits per heavy atom. The third-order valence-corrected chi connectivity index (χ3v) is 16.0. The molecule has 0 saturated heterocycles. The molecule has 11 aromatic carbocycles. The number of benzene rings is 11. The lowest BCUT2D eigenvalue weighted by molar-refractivity contribution is 0.656. The Hall–Kier alpha value is -9.26. The number of rotatable bonds is 8. The second kappa shape index (κ2) is 16.6. The molecule has 4 aromatic heterocycles. The van der Waals surface area contributed by atoms with Crippen molar-refractivity contribution in [3.05, 3.63) is 216 Å². The standard InChI is InChI=1S/C70H52N2O4/c1-39(2)49-17-11-19-51-53-21-13-25-61(69(53)75-67(49)51)71(59-23-9-7-15-41(59)5)47-29-27-43-33-55-57-37-58-56-34-44-28-30-48(32-46(44)36-64(56)74-66(58)38-65(57)73-63(55)35-45(43)31-47)72(60-24-10-8-16-42(60)6)62-26-14-22-54-52-20-12-18-50(40(3)4)68(52)76-70(54)62/h7-40H,1-6H3. The molecule has 0 unspecified atom stereocenters. The first-order valence-electron chi connectivity index (χ1n) is 26.4. The van der Waals surface area contributed by atoms with E-state index in [0.717, 1.165) is 143 Å². The third-order valence-electron chi connectivity index (χ3n) is 16.0. The fraction of sp³-hybridized carbons (Fsp3) is 0.114. The number of furan rings is 4. The lowest BCUT2D eigenvalue weighted by Crippen LogP contribution is -2.11. The first kappa shape index (κ1) is 44.2. The van der Waals surface area contributed by atoms with E-state index in [1.807, 2.05) is 0 Å². The zero-order valence-electron chi connectivity index (χ0n) is 43.2. The molecular formula is C70H52N2O4. The van der Waals surface area contributed by atoms with Crippen LogP contribution in [0.5, 0.6) is 0 Å². The Morgan fingerprint density at radius 3 is 1.11 bits per heavy atom. The number of hydrogen-bond acceptors (Lipinski definition) is 6. The van der Waals surface area contributed by atoms with Crippen LogP contribution in [-0.2, 0) is 0 Å². The minimum absolute atomic E-state index is 0.328. The summed E-state index contributed by atoms with van der Waals surface area (Å²) in [5.41, 5.74) is 17.9. The van der Waals surface area contributed by atoms with E-state index in [1.165, 1.54) is 22.3 Å². The molecule has 0 fully saturated rings. The summed E-state index contributed by atoms with van der Waals surface area (Å²) in [6.45, 7) is 13.2. The summed E-state index contributed by atoms with van der Waals surface area (Å²) in [4.78, 5) is 4.68. The number of anilines is 6. The Morgan fingerprint density at radius 2 is 0.671 bits per heavy atom. The third kappa shape index (κ3) is 6.66. The van der Waals surface area contributed by atoms with E-state index in [0.29, 0.717) is 11.8 Å². The summed E-state index contributed by atoms with van der Waals surface area (Å²) >= 11 is 0. The molecular weight excluding hydrogens is 933 g/mol. The van der Waals surface area contributed by atoms with Gasteiger partial charge in [-0.15, -0.1) is 0 Å². The average Bonchev–Trinajstić information content (AvgIpc) is 4.31. The van der Waals surface area contributed by atoms with Gasteiger partial charge in [0.05, 0.1) is 11.4 Å². The van der Waals surface area contributed by atoms with Gasteiger partial charge >= 0.3 is 0 Å². The van der Waals surface area contributed by atoms with Gasteiger partial charge in [0.15, 0.2) is 11.2 Å². The number of fused-ring (bicyclic) bond motifs is 14. The van der Waals surface area contributed by atoms with E-state index >= 15 is 0 Å². The normalized spacial score (nSPS) is 12.3. The summed E-state index contributed by atoms with van der Waals surface area (Å²) < 4.78 is 27.3. The summed E-state index contributed by atoms with van der Waals surface area (Å²) in [6.07, 6.45) is 0. The van der Waals surface area contributed by atoms with Crippen molar-refractivity contribution >= 4 is 143 Å². The molecule has 0 bridgehead atoms. The van der Waals surface area contributed by atoms with Gasteiger partial charge in [0.2, 0.25) is 0 Å². The second-order valence-corrected chi connectivity index (χ2v) is 21.3. The van der Waals surface area contributed by atoms with Crippen molar-refractivity contribution in [3.63, 3.8) is 0 Å². The predicted octanol–water partition coefficient (Wildman–Crippen LogP) is 21.4. The molecule has 0 radical (unpaired) electrons. The van der Waals surface area contributed by atoms with E-state index in [1.54, 1.807) is 0 Å². The van der Waals surface area contributed by atoms with Crippen LogP contribution in [0, 0.1) is 13.8 Å². The molecule has 0 aliphatic rings. The van der Waals surface area contributed by atoms with E-state index in [-0.39, 0.29) is 0 Å². The molecule has 0 saturated carbocycles. The second-order valence-electron chi connectivity index (χ2n) is 21.3. The highest BCUT2D eigenvalue weighted by atomic mass is 16.3. The van der Waals surface area contributed by atoms with Crippen LogP contribution in [0.25, 0.3) is 109 Å². The molecule has 15 aromatic rings. The maximum absolute atomic E-state index is 6.90. The van der Waals surface area contributed by atoms with Gasteiger partial charge in [-0.1, -0.05) is 137 Å². The van der Waals surface area contributed by atoms with Crippen LogP contribution in [0.3, 0.4) is 0 Å². The van der Waals surface area contributed by atoms with Gasteiger partial charge in [0.1, 0.15) is 33.5 Å². The molecule has 0 aliphatic carbocycles. The molecule has 6 heteroatoms. The number of hydrogen-bond donors (Lipinski definition) is 0. The van der Waals surface area contributed by atoms with Gasteiger partial charge in [-0.05, 0) is 148 Å². The van der Waals surface area contributed by atoms with Crippen LogP contribution in [0.1, 0.15) is 61.8 Å². The number of nitrogens with zero attached hydrogens (tertiary/aromatic N) is 2. The van der Waals surface area contributed by atoms with Crippen LogP contribution in [-0.4, -0.2) is 0 Å². The first-order chi connectivity index (χ1) is 37.1. The van der Waals surface area contributed by atoms with E-state index < -0.39 is 0 Å². The van der Waals surface area contributed by atoms with Gasteiger partial charge in [-0.2, -0.15) is 0 Å². The van der Waals surface area contributed by atoms with Gasteiger partial charge < -0.3 is 27.5 Å². The molecule has 4 heterocycles. The molecule has 0 spiro atoms. The Balaban J connectivity index is 0.836. The summed E-state index contributed by atoms with van der Waals surface area (Å²) in [5.74, 6) is 0.656. The van der Waals surface area contributed by atoms with E-state index in [4.69, 9.17) is 17.7 Å². The van der Waals surface area contributed by atoms with E-state index in [9.17, 15) is 0 Å². The Bertz CT molecular complexity index is 4580. The zero-order chi connectivity index (χ0) is 51.1. The highest BCUT2D eigenvalue weighted by Gasteiger charge is 2.25.